The Kier molecular flexibility index (Phi) is 4.80. The van der Waals surface area contributed by atoms with Gasteiger partial charge in [0.1, 0.15) is 0 Å². The lowest BCUT2D eigenvalue weighted by molar-refractivity contribution is -0.135. The molecule has 1 amide bonds. The summed E-state index contributed by atoms with van der Waals surface area (Å²) in [6, 6.07) is 0. The number of piperidine rings is 1. The summed E-state index contributed by atoms with van der Waals surface area (Å²) in [6.07, 6.45) is 5.85. The number of amides is 1. The molecule has 2 atom stereocenters. The van der Waals surface area contributed by atoms with E-state index in [0.717, 1.165) is 51.8 Å². The number of hydrogen-bond acceptors (Lipinski definition) is 3. The molecule has 4 nitrogen and oxygen atoms in total. The van der Waals surface area contributed by atoms with Gasteiger partial charge in [0, 0.05) is 26.3 Å². The van der Waals surface area contributed by atoms with Gasteiger partial charge in [-0.15, -0.1) is 0 Å². The monoisotopic (exact) mass is 241 g/mol. The Morgan fingerprint density at radius 1 is 1.35 bits per heavy atom. The quantitative estimate of drug-likeness (QED) is 0.804. The van der Waals surface area contributed by atoms with E-state index < -0.39 is 0 Å². The zero-order valence-electron chi connectivity index (χ0n) is 10.4. The van der Waals surface area contributed by atoms with Crippen LogP contribution in [-0.2, 0) is 9.53 Å². The Morgan fingerprint density at radius 2 is 2.24 bits per heavy atom. The fourth-order valence-corrected chi connectivity index (χ4v) is 2.84. The molecule has 2 heterocycles. The number of aliphatic hydroxyl groups is 1. The van der Waals surface area contributed by atoms with Crippen molar-refractivity contribution >= 4 is 5.91 Å². The van der Waals surface area contributed by atoms with Gasteiger partial charge in [0.15, 0.2) is 0 Å². The molecule has 2 fully saturated rings. The lowest BCUT2D eigenvalue weighted by Crippen LogP contribution is -2.41. The summed E-state index contributed by atoms with van der Waals surface area (Å²) in [5.74, 6) is 0.724. The third-order valence-electron chi connectivity index (χ3n) is 3.84. The molecular weight excluding hydrogens is 218 g/mol. The summed E-state index contributed by atoms with van der Waals surface area (Å²) in [7, 11) is 0. The second-order valence-corrected chi connectivity index (χ2v) is 5.20. The lowest BCUT2D eigenvalue weighted by atomic mass is 9.95. The molecule has 17 heavy (non-hydrogen) atoms. The third-order valence-corrected chi connectivity index (χ3v) is 3.84. The van der Waals surface area contributed by atoms with Gasteiger partial charge in [-0.1, -0.05) is 0 Å². The van der Waals surface area contributed by atoms with Crippen molar-refractivity contribution in [2.45, 2.75) is 44.6 Å². The number of likely N-dealkylation sites (tertiary alicyclic amines) is 1. The Bertz CT molecular complexity index is 249. The molecule has 0 aromatic heterocycles. The molecule has 0 aromatic carbocycles. The van der Waals surface area contributed by atoms with Gasteiger partial charge in [0.05, 0.1) is 12.5 Å². The van der Waals surface area contributed by atoms with Crippen LogP contribution >= 0.6 is 0 Å². The van der Waals surface area contributed by atoms with E-state index in [9.17, 15) is 4.79 Å². The minimum Gasteiger partial charge on any atom is -0.396 e. The van der Waals surface area contributed by atoms with Crippen molar-refractivity contribution in [3.05, 3.63) is 0 Å². The minimum atomic E-state index is 0.153. The number of carbonyl (C=O) groups excluding carboxylic acids is 1. The molecule has 0 saturated carbocycles. The highest BCUT2D eigenvalue weighted by atomic mass is 16.5. The Balaban J connectivity index is 1.77. The first kappa shape index (κ1) is 12.8. The Hall–Kier alpha value is -0.610. The first-order valence-electron chi connectivity index (χ1n) is 6.80. The highest BCUT2D eigenvalue weighted by Crippen LogP contribution is 2.22. The van der Waals surface area contributed by atoms with E-state index in [1.807, 2.05) is 4.90 Å². The molecule has 1 N–H and O–H groups in total. The van der Waals surface area contributed by atoms with Crippen LogP contribution in [0.4, 0.5) is 0 Å². The number of hydrogen-bond donors (Lipinski definition) is 1. The zero-order chi connectivity index (χ0) is 12.1. The van der Waals surface area contributed by atoms with Crippen LogP contribution in [0.25, 0.3) is 0 Å². The molecule has 2 saturated heterocycles. The highest BCUT2D eigenvalue weighted by molar-refractivity contribution is 5.76. The summed E-state index contributed by atoms with van der Waals surface area (Å²) < 4.78 is 5.50. The fourth-order valence-electron chi connectivity index (χ4n) is 2.84. The molecule has 98 valence electrons. The van der Waals surface area contributed by atoms with Crippen molar-refractivity contribution < 1.29 is 14.6 Å². The molecule has 0 bridgehead atoms. The first-order valence-corrected chi connectivity index (χ1v) is 6.80. The van der Waals surface area contributed by atoms with Gasteiger partial charge in [-0.25, -0.2) is 0 Å². The molecule has 4 heteroatoms. The summed E-state index contributed by atoms with van der Waals surface area (Å²) in [6.45, 7) is 2.75. The van der Waals surface area contributed by atoms with Gasteiger partial charge in [0.2, 0.25) is 5.91 Å². The molecule has 2 rings (SSSR count). The van der Waals surface area contributed by atoms with E-state index >= 15 is 0 Å². The van der Waals surface area contributed by atoms with E-state index in [2.05, 4.69) is 0 Å². The molecule has 0 aromatic rings. The van der Waals surface area contributed by atoms with Crippen LogP contribution in [-0.4, -0.2) is 48.3 Å². The SMILES string of the molecule is O=C(CC1CCCO1)N1CCCC(CCO)C1. The minimum absolute atomic E-state index is 0.153. The predicted molar refractivity (Wildman–Crippen MR) is 64.6 cm³/mol. The molecule has 2 aliphatic heterocycles. The van der Waals surface area contributed by atoms with Crippen molar-refractivity contribution in [3.63, 3.8) is 0 Å². The molecular formula is C13H23NO3. The summed E-state index contributed by atoms with van der Waals surface area (Å²) in [5.41, 5.74) is 0. The van der Waals surface area contributed by atoms with Crippen LogP contribution in [0.3, 0.4) is 0 Å². The van der Waals surface area contributed by atoms with E-state index in [0.29, 0.717) is 12.3 Å². The molecule has 0 aliphatic carbocycles. The van der Waals surface area contributed by atoms with Crippen molar-refractivity contribution in [3.8, 4) is 0 Å². The van der Waals surface area contributed by atoms with Crippen LogP contribution in [0, 0.1) is 5.92 Å². The highest BCUT2D eigenvalue weighted by Gasteiger charge is 2.26. The number of rotatable bonds is 4. The maximum atomic E-state index is 12.1. The number of aliphatic hydroxyl groups excluding tert-OH is 1. The molecule has 0 radical (unpaired) electrons. The van der Waals surface area contributed by atoms with Crippen molar-refractivity contribution in [1.29, 1.82) is 0 Å². The number of ether oxygens (including phenoxy) is 1. The lowest BCUT2D eigenvalue weighted by Gasteiger charge is -2.33. The van der Waals surface area contributed by atoms with Crippen LogP contribution in [0.2, 0.25) is 0 Å². The first-order chi connectivity index (χ1) is 8.29. The number of nitrogens with zero attached hydrogens (tertiary/aromatic N) is 1. The van der Waals surface area contributed by atoms with Gasteiger partial charge in [-0.05, 0) is 38.0 Å². The van der Waals surface area contributed by atoms with E-state index in [4.69, 9.17) is 9.84 Å². The van der Waals surface area contributed by atoms with Gasteiger partial charge < -0.3 is 14.7 Å². The zero-order valence-corrected chi connectivity index (χ0v) is 10.4. The molecule has 2 aliphatic rings. The fraction of sp³-hybridized carbons (Fsp3) is 0.923. The van der Waals surface area contributed by atoms with Crippen molar-refractivity contribution in [1.82, 2.24) is 4.90 Å². The van der Waals surface area contributed by atoms with Gasteiger partial charge in [0.25, 0.3) is 0 Å². The van der Waals surface area contributed by atoms with Gasteiger partial charge in [-0.2, -0.15) is 0 Å². The van der Waals surface area contributed by atoms with Crippen LogP contribution in [0.1, 0.15) is 38.5 Å². The average Bonchev–Trinajstić information content (AvgIpc) is 2.83. The topological polar surface area (TPSA) is 49.8 Å². The van der Waals surface area contributed by atoms with Crippen molar-refractivity contribution in [2.75, 3.05) is 26.3 Å². The average molecular weight is 241 g/mol. The van der Waals surface area contributed by atoms with E-state index in [1.54, 1.807) is 0 Å². The smallest absolute Gasteiger partial charge is 0.225 e. The Labute approximate surface area is 103 Å². The normalized spacial score (nSPS) is 29.6. The largest absolute Gasteiger partial charge is 0.396 e. The number of carbonyl (C=O) groups is 1. The predicted octanol–water partition coefficient (Wildman–Crippen LogP) is 1.18. The second-order valence-electron chi connectivity index (χ2n) is 5.20. The standard InChI is InChI=1S/C13H23NO3/c15-7-5-11-3-1-6-14(10-11)13(16)9-12-4-2-8-17-12/h11-12,15H,1-10H2. The summed E-state index contributed by atoms with van der Waals surface area (Å²) in [5, 5.41) is 8.95. The third kappa shape index (κ3) is 3.68. The van der Waals surface area contributed by atoms with Crippen LogP contribution in [0.15, 0.2) is 0 Å². The van der Waals surface area contributed by atoms with Crippen LogP contribution in [0.5, 0.6) is 0 Å². The summed E-state index contributed by atoms with van der Waals surface area (Å²) >= 11 is 0. The molecule has 2 unspecified atom stereocenters. The maximum Gasteiger partial charge on any atom is 0.225 e. The van der Waals surface area contributed by atoms with E-state index in [1.165, 1.54) is 0 Å². The van der Waals surface area contributed by atoms with Crippen molar-refractivity contribution in [2.24, 2.45) is 5.92 Å². The van der Waals surface area contributed by atoms with Gasteiger partial charge in [-0.3, -0.25) is 4.79 Å². The van der Waals surface area contributed by atoms with Gasteiger partial charge >= 0.3 is 0 Å². The maximum absolute atomic E-state index is 12.1. The van der Waals surface area contributed by atoms with E-state index in [-0.39, 0.29) is 18.6 Å². The summed E-state index contributed by atoms with van der Waals surface area (Å²) in [4.78, 5) is 14.1. The second kappa shape index (κ2) is 6.36. The Morgan fingerprint density at radius 3 is 2.94 bits per heavy atom. The molecule has 0 spiro atoms. The van der Waals surface area contributed by atoms with Crippen LogP contribution < -0.4 is 0 Å².